The monoisotopic (exact) mass is 547 g/mol. The van der Waals surface area contributed by atoms with Gasteiger partial charge in [-0.2, -0.15) is 0 Å². The second-order valence-electron chi connectivity index (χ2n) is 8.02. The van der Waals surface area contributed by atoms with Crippen molar-refractivity contribution >= 4 is 43.0 Å². The van der Waals surface area contributed by atoms with Crippen molar-refractivity contribution in [3.63, 3.8) is 0 Å². The third-order valence-electron chi connectivity index (χ3n) is 5.31. The molecule has 0 saturated carbocycles. The van der Waals surface area contributed by atoms with E-state index < -0.39 is 20.0 Å². The Balaban J connectivity index is 1.59. The zero-order valence-electron chi connectivity index (χ0n) is 20.7. The summed E-state index contributed by atoms with van der Waals surface area (Å²) < 4.78 is 64.0. The van der Waals surface area contributed by atoms with Gasteiger partial charge < -0.3 is 14.8 Å². The van der Waals surface area contributed by atoms with Crippen LogP contribution in [0.5, 0.6) is 11.5 Å². The fourth-order valence-electron chi connectivity index (χ4n) is 3.49. The maximum absolute atomic E-state index is 12.8. The number of hydrogen-bond acceptors (Lipinski definition) is 7. The van der Waals surface area contributed by atoms with Crippen LogP contribution in [0.4, 0.5) is 17.1 Å². The topological polar surface area (TPSA) is 131 Å². The molecule has 0 aliphatic heterocycles. The van der Waals surface area contributed by atoms with Crippen molar-refractivity contribution in [1.82, 2.24) is 0 Å². The van der Waals surface area contributed by atoms with Crippen molar-refractivity contribution in [3.8, 4) is 11.5 Å². The van der Waals surface area contributed by atoms with E-state index in [1.54, 1.807) is 42.5 Å². The molecule has 0 fully saturated rings. The lowest BCUT2D eigenvalue weighted by atomic mass is 10.2. The Bertz CT molecular complexity index is 1430. The molecule has 1 amide bonds. The van der Waals surface area contributed by atoms with Gasteiger partial charge in [0.25, 0.3) is 10.0 Å². The molecule has 0 heterocycles. The van der Waals surface area contributed by atoms with Crippen LogP contribution in [0.15, 0.2) is 77.7 Å². The van der Waals surface area contributed by atoms with Gasteiger partial charge in [-0.05, 0) is 55.0 Å². The third-order valence-corrected chi connectivity index (χ3v) is 7.89. The van der Waals surface area contributed by atoms with Gasteiger partial charge in [0.15, 0.2) is 0 Å². The highest BCUT2D eigenvalue weighted by molar-refractivity contribution is 7.92. The lowest BCUT2D eigenvalue weighted by molar-refractivity contribution is -0.116. The van der Waals surface area contributed by atoms with E-state index in [9.17, 15) is 21.6 Å². The number of rotatable bonds is 12. The van der Waals surface area contributed by atoms with Gasteiger partial charge in [-0.15, -0.1) is 0 Å². The number of carbonyl (C=O) groups is 1. The van der Waals surface area contributed by atoms with Crippen LogP contribution in [0.2, 0.25) is 0 Å². The number of ether oxygens (including phenoxy) is 2. The van der Waals surface area contributed by atoms with E-state index in [-0.39, 0.29) is 29.5 Å². The lowest BCUT2D eigenvalue weighted by Gasteiger charge is -2.22. The first-order chi connectivity index (χ1) is 17.5. The Morgan fingerprint density at radius 1 is 0.892 bits per heavy atom. The second-order valence-corrected chi connectivity index (χ2v) is 11.6. The van der Waals surface area contributed by atoms with Gasteiger partial charge >= 0.3 is 0 Å². The van der Waals surface area contributed by atoms with E-state index in [0.29, 0.717) is 29.3 Å². The maximum atomic E-state index is 12.8. The van der Waals surface area contributed by atoms with E-state index in [1.807, 2.05) is 0 Å². The molecule has 0 spiro atoms. The van der Waals surface area contributed by atoms with Crippen LogP contribution < -0.4 is 23.8 Å². The Morgan fingerprint density at radius 3 is 2.16 bits per heavy atom. The smallest absolute Gasteiger partial charge is 0.262 e. The average Bonchev–Trinajstić information content (AvgIpc) is 2.86. The number of methoxy groups -OCH3 is 2. The Morgan fingerprint density at radius 2 is 1.57 bits per heavy atom. The molecule has 12 heteroatoms. The van der Waals surface area contributed by atoms with E-state index in [1.165, 1.54) is 48.9 Å². The van der Waals surface area contributed by atoms with Crippen molar-refractivity contribution in [2.45, 2.75) is 17.7 Å². The predicted molar refractivity (Wildman–Crippen MR) is 143 cm³/mol. The highest BCUT2D eigenvalue weighted by atomic mass is 32.2. The standard InChI is InChI=1S/C25H29N3O7S2/c1-34-21-13-16-23(24(18-21)35-2)27-37(32,33)22-14-11-19(12-15-22)26-25(29)10-7-17-28(36(3,30)31)20-8-5-4-6-9-20/h4-6,8-9,11-16,18,27H,7,10,17H2,1-3H3,(H,26,29). The SMILES string of the molecule is COc1ccc(NS(=O)(=O)c2ccc(NC(=O)CCCN(c3ccccc3)S(C)(=O)=O)cc2)c(OC)c1. The maximum Gasteiger partial charge on any atom is 0.262 e. The Kier molecular flexibility index (Phi) is 9.00. The molecule has 3 rings (SSSR count). The van der Waals surface area contributed by atoms with Crippen molar-refractivity contribution in [2.24, 2.45) is 0 Å². The van der Waals surface area contributed by atoms with Gasteiger partial charge in [-0.1, -0.05) is 18.2 Å². The molecule has 2 N–H and O–H groups in total. The first-order valence-corrected chi connectivity index (χ1v) is 14.5. The number of amides is 1. The van der Waals surface area contributed by atoms with E-state index in [4.69, 9.17) is 9.47 Å². The highest BCUT2D eigenvalue weighted by Crippen LogP contribution is 2.31. The Labute approximate surface area is 217 Å². The number of benzene rings is 3. The van der Waals surface area contributed by atoms with Crippen molar-refractivity contribution in [2.75, 3.05) is 41.4 Å². The molecule has 3 aromatic carbocycles. The summed E-state index contributed by atoms with van der Waals surface area (Å²) in [5, 5.41) is 2.70. The second kappa shape index (κ2) is 12.0. The van der Waals surface area contributed by atoms with Gasteiger partial charge in [0.1, 0.15) is 11.5 Å². The summed E-state index contributed by atoms with van der Waals surface area (Å²) in [5.41, 5.74) is 1.19. The molecular weight excluding hydrogens is 518 g/mol. The molecule has 0 bridgehead atoms. The molecule has 0 aromatic heterocycles. The number of para-hydroxylation sites is 1. The van der Waals surface area contributed by atoms with Gasteiger partial charge in [-0.3, -0.25) is 13.8 Å². The summed E-state index contributed by atoms with van der Waals surface area (Å²) in [6, 6.07) is 19.1. The predicted octanol–water partition coefficient (Wildman–Crippen LogP) is 3.69. The van der Waals surface area contributed by atoms with Gasteiger partial charge in [0, 0.05) is 24.7 Å². The van der Waals surface area contributed by atoms with Crippen LogP contribution >= 0.6 is 0 Å². The van der Waals surface area contributed by atoms with Crippen LogP contribution in [0, 0.1) is 0 Å². The van der Waals surface area contributed by atoms with E-state index in [0.717, 1.165) is 6.26 Å². The zero-order valence-corrected chi connectivity index (χ0v) is 22.3. The molecule has 0 aliphatic rings. The van der Waals surface area contributed by atoms with E-state index >= 15 is 0 Å². The molecule has 0 unspecified atom stereocenters. The summed E-state index contributed by atoms with van der Waals surface area (Å²) in [6.45, 7) is 0.147. The normalized spacial score (nSPS) is 11.4. The lowest BCUT2D eigenvalue weighted by Crippen LogP contribution is -2.31. The Hall–Kier alpha value is -3.77. The molecule has 0 radical (unpaired) electrons. The van der Waals surface area contributed by atoms with Crippen LogP contribution in [-0.4, -0.2) is 49.8 Å². The summed E-state index contributed by atoms with van der Waals surface area (Å²) in [4.78, 5) is 12.4. The minimum Gasteiger partial charge on any atom is -0.497 e. The minimum absolute atomic E-state index is 0.00461. The van der Waals surface area contributed by atoms with Gasteiger partial charge in [0.2, 0.25) is 15.9 Å². The summed E-state index contributed by atoms with van der Waals surface area (Å²) >= 11 is 0. The molecule has 37 heavy (non-hydrogen) atoms. The molecule has 0 atom stereocenters. The number of nitrogens with one attached hydrogen (secondary N) is 2. The largest absolute Gasteiger partial charge is 0.497 e. The van der Waals surface area contributed by atoms with Crippen LogP contribution in [0.3, 0.4) is 0 Å². The van der Waals surface area contributed by atoms with Crippen molar-refractivity contribution < 1.29 is 31.1 Å². The highest BCUT2D eigenvalue weighted by Gasteiger charge is 2.19. The first kappa shape index (κ1) is 27.8. The fraction of sp³-hybridized carbons (Fsp3) is 0.240. The number of anilines is 3. The molecule has 198 valence electrons. The van der Waals surface area contributed by atoms with Crippen LogP contribution in [0.25, 0.3) is 0 Å². The number of sulfonamides is 2. The molecule has 0 aliphatic carbocycles. The summed E-state index contributed by atoms with van der Waals surface area (Å²) in [7, 11) is -4.51. The molecular formula is C25H29N3O7S2. The average molecular weight is 548 g/mol. The fourth-order valence-corrected chi connectivity index (χ4v) is 5.53. The molecule has 10 nitrogen and oxygen atoms in total. The van der Waals surface area contributed by atoms with Gasteiger partial charge in [-0.25, -0.2) is 16.8 Å². The molecule has 0 saturated heterocycles. The van der Waals surface area contributed by atoms with Crippen LogP contribution in [0.1, 0.15) is 12.8 Å². The van der Waals surface area contributed by atoms with Crippen LogP contribution in [-0.2, 0) is 24.8 Å². The number of hydrogen-bond donors (Lipinski definition) is 2. The zero-order chi connectivity index (χ0) is 27.1. The third kappa shape index (κ3) is 7.61. The number of nitrogens with zero attached hydrogens (tertiary/aromatic N) is 1. The molecule has 3 aromatic rings. The first-order valence-electron chi connectivity index (χ1n) is 11.2. The van der Waals surface area contributed by atoms with E-state index in [2.05, 4.69) is 10.0 Å². The minimum atomic E-state index is -3.92. The van der Waals surface area contributed by atoms with Crippen molar-refractivity contribution in [3.05, 3.63) is 72.8 Å². The van der Waals surface area contributed by atoms with Gasteiger partial charge in [0.05, 0.1) is 36.7 Å². The van der Waals surface area contributed by atoms with Crippen molar-refractivity contribution in [1.29, 1.82) is 0 Å². The number of carbonyl (C=O) groups excluding carboxylic acids is 1. The summed E-state index contributed by atoms with van der Waals surface area (Å²) in [6.07, 6.45) is 1.50. The quantitative estimate of drug-likeness (QED) is 0.354. The summed E-state index contributed by atoms with van der Waals surface area (Å²) in [5.74, 6) is 0.496.